The standard InChI is InChI=1S/C21H21NO5S/c1-2-12-21(14-8-4-3-5-9-14,15(19(25)26)13-18(23)24)28-20-22-16-10-6-7-11-17(16)27-20/h3-11,15H,2,12-13H2,1H3,(H,23,24)(H,25,26). The Morgan fingerprint density at radius 1 is 1.11 bits per heavy atom. The van der Waals surface area contributed by atoms with Gasteiger partial charge < -0.3 is 14.6 Å². The number of hydrogen-bond acceptors (Lipinski definition) is 5. The molecular weight excluding hydrogens is 378 g/mol. The van der Waals surface area contributed by atoms with Crippen LogP contribution in [-0.4, -0.2) is 27.1 Å². The van der Waals surface area contributed by atoms with Crippen molar-refractivity contribution >= 4 is 34.8 Å². The first-order valence-electron chi connectivity index (χ1n) is 9.01. The number of para-hydroxylation sites is 2. The van der Waals surface area contributed by atoms with Gasteiger partial charge in [0.15, 0.2) is 5.58 Å². The molecule has 3 rings (SSSR count). The zero-order chi connectivity index (χ0) is 20.1. The van der Waals surface area contributed by atoms with Gasteiger partial charge in [-0.25, -0.2) is 4.98 Å². The molecule has 0 spiro atoms. The molecule has 3 aromatic rings. The maximum atomic E-state index is 12.2. The number of oxazole rings is 1. The average molecular weight is 399 g/mol. The van der Waals surface area contributed by atoms with E-state index >= 15 is 0 Å². The summed E-state index contributed by atoms with van der Waals surface area (Å²) in [5.41, 5.74) is 2.03. The van der Waals surface area contributed by atoms with Crippen molar-refractivity contribution in [2.45, 2.75) is 36.2 Å². The van der Waals surface area contributed by atoms with Gasteiger partial charge in [0.2, 0.25) is 0 Å². The highest BCUT2D eigenvalue weighted by Crippen LogP contribution is 2.51. The monoisotopic (exact) mass is 399 g/mol. The van der Waals surface area contributed by atoms with Gasteiger partial charge in [-0.2, -0.15) is 0 Å². The molecule has 0 bridgehead atoms. The number of thioether (sulfide) groups is 1. The number of hydrogen-bond donors (Lipinski definition) is 2. The number of aromatic nitrogens is 1. The molecule has 7 heteroatoms. The molecule has 0 radical (unpaired) electrons. The summed E-state index contributed by atoms with van der Waals surface area (Å²) in [6.07, 6.45) is 0.646. The highest BCUT2D eigenvalue weighted by molar-refractivity contribution is 8.00. The topological polar surface area (TPSA) is 101 Å². The SMILES string of the molecule is CCCC(Sc1nc2ccccc2o1)(c1ccccc1)C(CC(=O)O)C(=O)O. The van der Waals surface area contributed by atoms with E-state index in [9.17, 15) is 19.8 Å². The van der Waals surface area contributed by atoms with Crippen LogP contribution in [0.25, 0.3) is 11.1 Å². The highest BCUT2D eigenvalue weighted by Gasteiger charge is 2.47. The molecular formula is C21H21NO5S. The second-order valence-electron chi connectivity index (χ2n) is 6.54. The van der Waals surface area contributed by atoms with Gasteiger partial charge in [-0.1, -0.05) is 67.6 Å². The Morgan fingerprint density at radius 3 is 2.39 bits per heavy atom. The van der Waals surface area contributed by atoms with Crippen LogP contribution in [0.1, 0.15) is 31.7 Å². The third-order valence-corrected chi connectivity index (χ3v) is 6.11. The van der Waals surface area contributed by atoms with E-state index in [-0.39, 0.29) is 0 Å². The molecule has 1 heterocycles. The fourth-order valence-corrected chi connectivity index (χ4v) is 4.94. The molecule has 2 unspecified atom stereocenters. The Balaban J connectivity index is 2.15. The highest BCUT2D eigenvalue weighted by atomic mass is 32.2. The van der Waals surface area contributed by atoms with Crippen molar-refractivity contribution in [2.24, 2.45) is 5.92 Å². The average Bonchev–Trinajstić information content (AvgIpc) is 3.08. The molecule has 0 fully saturated rings. The van der Waals surface area contributed by atoms with Crippen LogP contribution < -0.4 is 0 Å². The molecule has 2 aromatic carbocycles. The fraction of sp³-hybridized carbons (Fsp3) is 0.286. The number of fused-ring (bicyclic) bond motifs is 1. The van der Waals surface area contributed by atoms with Crippen LogP contribution in [0.4, 0.5) is 0 Å². The van der Waals surface area contributed by atoms with E-state index in [0.29, 0.717) is 29.2 Å². The smallest absolute Gasteiger partial charge is 0.308 e. The number of benzene rings is 2. The van der Waals surface area contributed by atoms with Gasteiger partial charge in [0.1, 0.15) is 5.52 Å². The molecule has 2 N–H and O–H groups in total. The van der Waals surface area contributed by atoms with E-state index in [2.05, 4.69) is 4.98 Å². The molecule has 146 valence electrons. The lowest BCUT2D eigenvalue weighted by Gasteiger charge is -2.37. The van der Waals surface area contributed by atoms with Crippen molar-refractivity contribution in [3.05, 3.63) is 60.2 Å². The summed E-state index contributed by atoms with van der Waals surface area (Å²) in [5.74, 6) is -3.45. The minimum Gasteiger partial charge on any atom is -0.481 e. The molecule has 0 saturated carbocycles. The molecule has 6 nitrogen and oxygen atoms in total. The number of carbonyl (C=O) groups is 2. The zero-order valence-corrected chi connectivity index (χ0v) is 16.2. The summed E-state index contributed by atoms with van der Waals surface area (Å²) in [6, 6.07) is 16.5. The van der Waals surface area contributed by atoms with Crippen molar-refractivity contribution in [1.82, 2.24) is 4.98 Å². The normalized spacial score (nSPS) is 14.5. The predicted molar refractivity (Wildman–Crippen MR) is 106 cm³/mol. The largest absolute Gasteiger partial charge is 0.481 e. The Kier molecular flexibility index (Phi) is 6.04. The van der Waals surface area contributed by atoms with E-state index in [1.165, 1.54) is 11.8 Å². The minimum atomic E-state index is -1.15. The van der Waals surface area contributed by atoms with E-state index in [0.717, 1.165) is 5.56 Å². The Bertz CT molecular complexity index is 938. The molecule has 0 amide bonds. The van der Waals surface area contributed by atoms with Crippen molar-refractivity contribution in [3.8, 4) is 0 Å². The third-order valence-electron chi connectivity index (χ3n) is 4.67. The Morgan fingerprint density at radius 2 is 1.79 bits per heavy atom. The number of carboxylic acids is 2. The van der Waals surface area contributed by atoms with Crippen LogP contribution in [0, 0.1) is 5.92 Å². The summed E-state index contributed by atoms with van der Waals surface area (Å²) in [7, 11) is 0. The van der Waals surface area contributed by atoms with Crippen LogP contribution in [0.2, 0.25) is 0 Å². The summed E-state index contributed by atoms with van der Waals surface area (Å²) in [6.45, 7) is 1.95. The molecule has 0 aliphatic carbocycles. The number of aliphatic carboxylic acids is 2. The van der Waals surface area contributed by atoms with Gasteiger partial charge in [0, 0.05) is 0 Å². The van der Waals surface area contributed by atoms with Gasteiger partial charge in [-0.05, 0) is 24.1 Å². The van der Waals surface area contributed by atoms with Crippen molar-refractivity contribution in [1.29, 1.82) is 0 Å². The van der Waals surface area contributed by atoms with Crippen LogP contribution in [0.15, 0.2) is 64.2 Å². The molecule has 28 heavy (non-hydrogen) atoms. The first kappa shape index (κ1) is 19.9. The molecule has 0 aliphatic heterocycles. The Hall–Kier alpha value is -2.80. The molecule has 0 saturated heterocycles. The number of rotatable bonds is 9. The first-order chi connectivity index (χ1) is 13.5. The van der Waals surface area contributed by atoms with E-state index < -0.39 is 29.0 Å². The summed E-state index contributed by atoms with van der Waals surface area (Å²) in [5, 5.41) is 19.6. The van der Waals surface area contributed by atoms with Crippen molar-refractivity contribution in [3.63, 3.8) is 0 Å². The first-order valence-corrected chi connectivity index (χ1v) is 9.82. The van der Waals surface area contributed by atoms with Gasteiger partial charge >= 0.3 is 11.9 Å². The Labute approximate surface area is 166 Å². The zero-order valence-electron chi connectivity index (χ0n) is 15.4. The van der Waals surface area contributed by atoms with E-state index in [1.807, 2.05) is 55.5 Å². The van der Waals surface area contributed by atoms with Crippen molar-refractivity contribution < 1.29 is 24.2 Å². The summed E-state index contributed by atoms with van der Waals surface area (Å²) in [4.78, 5) is 28.1. The second-order valence-corrected chi connectivity index (χ2v) is 7.83. The summed E-state index contributed by atoms with van der Waals surface area (Å²) < 4.78 is 4.81. The lowest BCUT2D eigenvalue weighted by molar-refractivity contribution is -0.149. The van der Waals surface area contributed by atoms with E-state index in [1.54, 1.807) is 6.07 Å². The predicted octanol–water partition coefficient (Wildman–Crippen LogP) is 4.79. The molecule has 2 atom stereocenters. The van der Waals surface area contributed by atoms with Gasteiger partial charge in [0.05, 0.1) is 17.1 Å². The van der Waals surface area contributed by atoms with Crippen LogP contribution >= 0.6 is 11.8 Å². The van der Waals surface area contributed by atoms with Gasteiger partial charge in [-0.15, -0.1) is 0 Å². The lowest BCUT2D eigenvalue weighted by Crippen LogP contribution is -2.39. The summed E-state index contributed by atoms with van der Waals surface area (Å²) >= 11 is 1.20. The second kappa shape index (κ2) is 8.48. The van der Waals surface area contributed by atoms with Gasteiger partial charge in [0.25, 0.3) is 5.22 Å². The lowest BCUT2D eigenvalue weighted by atomic mass is 9.80. The fourth-order valence-electron chi connectivity index (χ4n) is 3.47. The van der Waals surface area contributed by atoms with Gasteiger partial charge in [-0.3, -0.25) is 9.59 Å². The number of carboxylic acid groups (broad SMARTS) is 2. The molecule has 0 aliphatic rings. The third kappa shape index (κ3) is 4.04. The molecule has 1 aromatic heterocycles. The van der Waals surface area contributed by atoms with Crippen molar-refractivity contribution in [2.75, 3.05) is 0 Å². The maximum Gasteiger partial charge on any atom is 0.308 e. The van der Waals surface area contributed by atoms with Crippen LogP contribution in [-0.2, 0) is 14.3 Å². The maximum absolute atomic E-state index is 12.2. The van der Waals surface area contributed by atoms with Crippen LogP contribution in [0.5, 0.6) is 0 Å². The minimum absolute atomic E-state index is 0.329. The number of nitrogens with zero attached hydrogens (tertiary/aromatic N) is 1. The quantitative estimate of drug-likeness (QED) is 0.499. The van der Waals surface area contributed by atoms with Crippen LogP contribution in [0.3, 0.4) is 0 Å². The van der Waals surface area contributed by atoms with E-state index in [4.69, 9.17) is 4.42 Å².